The van der Waals surface area contributed by atoms with Crippen LogP contribution in [-0.4, -0.2) is 34.8 Å². The standard InChI is InChI=1S/C18H23N3O3/c22-15(19-14-9-5-4-6-10-14)13-21-16(23)18(20-17(21)24)11-7-2-1-3-8-12-18/h4-6,9-10H,1-3,7-8,11-13H2,(H,19,22)(H,20,24). The maximum atomic E-state index is 12.8. The molecule has 24 heavy (non-hydrogen) atoms. The van der Waals surface area contributed by atoms with Crippen molar-refractivity contribution in [3.05, 3.63) is 30.3 Å². The molecule has 2 aliphatic rings. The molecule has 1 aliphatic carbocycles. The summed E-state index contributed by atoms with van der Waals surface area (Å²) < 4.78 is 0. The van der Waals surface area contributed by atoms with E-state index < -0.39 is 11.6 Å². The van der Waals surface area contributed by atoms with Gasteiger partial charge in [0.05, 0.1) is 0 Å². The molecule has 6 nitrogen and oxygen atoms in total. The third kappa shape index (κ3) is 3.42. The van der Waals surface area contributed by atoms with E-state index in [0.717, 1.165) is 30.6 Å². The fourth-order valence-corrected chi connectivity index (χ4v) is 3.53. The highest BCUT2D eigenvalue weighted by molar-refractivity contribution is 6.10. The topological polar surface area (TPSA) is 78.5 Å². The average molecular weight is 329 g/mol. The maximum Gasteiger partial charge on any atom is 0.325 e. The SMILES string of the molecule is O=C(CN1C(=O)NC2(CCCCCCC2)C1=O)Nc1ccccc1. The number of anilines is 1. The second-order valence-electron chi connectivity index (χ2n) is 6.59. The van der Waals surface area contributed by atoms with Crippen molar-refractivity contribution in [1.82, 2.24) is 10.2 Å². The van der Waals surface area contributed by atoms with Crippen molar-refractivity contribution in [2.24, 2.45) is 0 Å². The normalized spacial score (nSPS) is 20.4. The molecular formula is C18H23N3O3. The molecule has 0 aromatic heterocycles. The summed E-state index contributed by atoms with van der Waals surface area (Å²) in [7, 11) is 0. The summed E-state index contributed by atoms with van der Waals surface area (Å²) in [6.07, 6.45) is 6.52. The van der Waals surface area contributed by atoms with Crippen molar-refractivity contribution in [2.75, 3.05) is 11.9 Å². The van der Waals surface area contributed by atoms with E-state index in [-0.39, 0.29) is 18.4 Å². The van der Waals surface area contributed by atoms with Crippen molar-refractivity contribution in [1.29, 1.82) is 0 Å². The van der Waals surface area contributed by atoms with Crippen molar-refractivity contribution >= 4 is 23.5 Å². The van der Waals surface area contributed by atoms with Crippen LogP contribution in [0, 0.1) is 0 Å². The number of rotatable bonds is 3. The molecular weight excluding hydrogens is 306 g/mol. The fraction of sp³-hybridized carbons (Fsp3) is 0.500. The van der Waals surface area contributed by atoms with Gasteiger partial charge in [-0.2, -0.15) is 0 Å². The molecule has 0 unspecified atom stereocenters. The van der Waals surface area contributed by atoms with Gasteiger partial charge in [0.25, 0.3) is 5.91 Å². The van der Waals surface area contributed by atoms with Crippen LogP contribution in [0.2, 0.25) is 0 Å². The van der Waals surface area contributed by atoms with Crippen LogP contribution < -0.4 is 10.6 Å². The van der Waals surface area contributed by atoms with E-state index in [4.69, 9.17) is 0 Å². The van der Waals surface area contributed by atoms with Crippen molar-refractivity contribution in [3.63, 3.8) is 0 Å². The van der Waals surface area contributed by atoms with Gasteiger partial charge in [0.15, 0.2) is 0 Å². The Kier molecular flexibility index (Phi) is 4.83. The van der Waals surface area contributed by atoms with Gasteiger partial charge < -0.3 is 10.6 Å². The van der Waals surface area contributed by atoms with Crippen LogP contribution in [0.3, 0.4) is 0 Å². The minimum absolute atomic E-state index is 0.249. The lowest BCUT2D eigenvalue weighted by atomic mass is 9.84. The van der Waals surface area contributed by atoms with Gasteiger partial charge in [0, 0.05) is 5.69 Å². The van der Waals surface area contributed by atoms with Gasteiger partial charge in [0.2, 0.25) is 5.91 Å². The van der Waals surface area contributed by atoms with Crippen LogP contribution in [-0.2, 0) is 9.59 Å². The number of amides is 4. The molecule has 0 bridgehead atoms. The van der Waals surface area contributed by atoms with Crippen LogP contribution in [0.15, 0.2) is 30.3 Å². The molecule has 1 heterocycles. The van der Waals surface area contributed by atoms with Crippen LogP contribution in [0.5, 0.6) is 0 Å². The molecule has 1 aliphatic heterocycles. The van der Waals surface area contributed by atoms with Gasteiger partial charge in [-0.3, -0.25) is 14.5 Å². The molecule has 2 fully saturated rings. The average Bonchev–Trinajstić information content (AvgIpc) is 2.77. The third-order valence-electron chi connectivity index (χ3n) is 4.81. The van der Waals surface area contributed by atoms with Crippen LogP contribution >= 0.6 is 0 Å². The Morgan fingerprint density at radius 1 is 1.04 bits per heavy atom. The first-order valence-electron chi connectivity index (χ1n) is 8.60. The number of nitrogens with zero attached hydrogens (tertiary/aromatic N) is 1. The Hall–Kier alpha value is -2.37. The second kappa shape index (κ2) is 7.03. The molecule has 0 atom stereocenters. The fourth-order valence-electron chi connectivity index (χ4n) is 3.53. The highest BCUT2D eigenvalue weighted by atomic mass is 16.2. The van der Waals surface area contributed by atoms with Crippen LogP contribution in [0.4, 0.5) is 10.5 Å². The van der Waals surface area contributed by atoms with E-state index in [1.807, 2.05) is 18.2 Å². The van der Waals surface area contributed by atoms with E-state index >= 15 is 0 Å². The molecule has 1 spiro atoms. The van der Waals surface area contributed by atoms with E-state index in [2.05, 4.69) is 10.6 Å². The minimum atomic E-state index is -0.801. The molecule has 4 amide bonds. The quantitative estimate of drug-likeness (QED) is 0.837. The monoisotopic (exact) mass is 329 g/mol. The van der Waals surface area contributed by atoms with E-state index in [1.54, 1.807) is 12.1 Å². The zero-order valence-corrected chi connectivity index (χ0v) is 13.7. The zero-order valence-electron chi connectivity index (χ0n) is 13.7. The Morgan fingerprint density at radius 2 is 1.67 bits per heavy atom. The number of nitrogens with one attached hydrogen (secondary N) is 2. The third-order valence-corrected chi connectivity index (χ3v) is 4.81. The lowest BCUT2D eigenvalue weighted by molar-refractivity contribution is -0.134. The summed E-state index contributed by atoms with van der Waals surface area (Å²) in [4.78, 5) is 38.3. The summed E-state index contributed by atoms with van der Waals surface area (Å²) in [5, 5.41) is 5.57. The Balaban J connectivity index is 1.66. The number of urea groups is 1. The summed E-state index contributed by atoms with van der Waals surface area (Å²) in [5.74, 6) is -0.620. The minimum Gasteiger partial charge on any atom is -0.325 e. The second-order valence-corrected chi connectivity index (χ2v) is 6.59. The summed E-state index contributed by atoms with van der Waals surface area (Å²) in [6, 6.07) is 8.55. The summed E-state index contributed by atoms with van der Waals surface area (Å²) in [5.41, 5.74) is -0.153. The summed E-state index contributed by atoms with van der Waals surface area (Å²) >= 11 is 0. The molecule has 1 saturated carbocycles. The number of carbonyl (C=O) groups excluding carboxylic acids is 3. The molecule has 0 radical (unpaired) electrons. The largest absolute Gasteiger partial charge is 0.325 e. The number of benzene rings is 1. The van der Waals surface area contributed by atoms with E-state index in [1.165, 1.54) is 6.42 Å². The molecule has 2 N–H and O–H groups in total. The number of para-hydroxylation sites is 1. The predicted octanol–water partition coefficient (Wildman–Crippen LogP) is 2.66. The molecule has 1 aromatic rings. The number of hydrogen-bond acceptors (Lipinski definition) is 3. The molecule has 1 saturated heterocycles. The highest BCUT2D eigenvalue weighted by Gasteiger charge is 2.50. The van der Waals surface area contributed by atoms with Gasteiger partial charge in [0.1, 0.15) is 12.1 Å². The molecule has 6 heteroatoms. The first-order chi connectivity index (χ1) is 11.6. The highest BCUT2D eigenvalue weighted by Crippen LogP contribution is 2.32. The lowest BCUT2D eigenvalue weighted by Gasteiger charge is -2.28. The number of imide groups is 1. The summed E-state index contributed by atoms with van der Waals surface area (Å²) in [6.45, 7) is -0.249. The zero-order chi connectivity index (χ0) is 17.0. The van der Waals surface area contributed by atoms with Gasteiger partial charge in [-0.05, 0) is 25.0 Å². The number of carbonyl (C=O) groups is 3. The van der Waals surface area contributed by atoms with Crippen LogP contribution in [0.1, 0.15) is 44.9 Å². The molecule has 128 valence electrons. The Labute approximate surface area is 141 Å². The van der Waals surface area contributed by atoms with Gasteiger partial charge in [-0.25, -0.2) is 4.79 Å². The first kappa shape index (κ1) is 16.5. The number of hydrogen-bond donors (Lipinski definition) is 2. The van der Waals surface area contributed by atoms with Crippen molar-refractivity contribution in [3.8, 4) is 0 Å². The Bertz CT molecular complexity index is 622. The Morgan fingerprint density at radius 3 is 2.33 bits per heavy atom. The van der Waals surface area contributed by atoms with Gasteiger partial charge in [-0.15, -0.1) is 0 Å². The van der Waals surface area contributed by atoms with Gasteiger partial charge in [-0.1, -0.05) is 50.3 Å². The van der Waals surface area contributed by atoms with E-state index in [0.29, 0.717) is 18.5 Å². The maximum absolute atomic E-state index is 12.8. The van der Waals surface area contributed by atoms with Crippen molar-refractivity contribution in [2.45, 2.75) is 50.5 Å². The molecule has 1 aromatic carbocycles. The van der Waals surface area contributed by atoms with Crippen LogP contribution in [0.25, 0.3) is 0 Å². The van der Waals surface area contributed by atoms with E-state index in [9.17, 15) is 14.4 Å². The first-order valence-corrected chi connectivity index (χ1v) is 8.60. The smallest absolute Gasteiger partial charge is 0.325 e. The van der Waals surface area contributed by atoms with Gasteiger partial charge >= 0.3 is 6.03 Å². The van der Waals surface area contributed by atoms with Crippen molar-refractivity contribution < 1.29 is 14.4 Å². The lowest BCUT2D eigenvalue weighted by Crippen LogP contribution is -2.47. The predicted molar refractivity (Wildman–Crippen MR) is 90.4 cm³/mol. The molecule has 3 rings (SSSR count).